The molecule has 0 aliphatic rings. The third-order valence-electron chi connectivity index (χ3n) is 3.29. The fourth-order valence-corrected chi connectivity index (χ4v) is 2.03. The van der Waals surface area contributed by atoms with Crippen molar-refractivity contribution in [3.63, 3.8) is 0 Å². The minimum absolute atomic E-state index is 0.308. The number of nitrogens with two attached hydrogens (primary N) is 1. The molecule has 20 heavy (non-hydrogen) atoms. The van der Waals surface area contributed by atoms with Gasteiger partial charge in [-0.05, 0) is 30.7 Å². The van der Waals surface area contributed by atoms with Gasteiger partial charge in [-0.15, -0.1) is 0 Å². The molecule has 5 heteroatoms. The predicted molar refractivity (Wildman–Crippen MR) is 77.7 cm³/mol. The fraction of sp³-hybridized carbons (Fsp3) is 0.400. The quantitative estimate of drug-likeness (QED) is 0.707. The summed E-state index contributed by atoms with van der Waals surface area (Å²) in [6, 6.07) is 7.65. The van der Waals surface area contributed by atoms with E-state index in [4.69, 9.17) is 15.6 Å². The van der Waals surface area contributed by atoms with Gasteiger partial charge in [0.1, 0.15) is 12.0 Å². The monoisotopic (exact) mass is 276 g/mol. The predicted octanol–water partition coefficient (Wildman–Crippen LogP) is 2.50. The molecule has 1 aromatic heterocycles. The molecule has 0 aliphatic carbocycles. The van der Waals surface area contributed by atoms with Crippen molar-refractivity contribution in [1.29, 1.82) is 0 Å². The Labute approximate surface area is 117 Å². The molecule has 108 valence electrons. The number of aromatic nitrogens is 1. The minimum atomic E-state index is -0.790. The molecule has 0 amide bonds. The molecular weight excluding hydrogens is 256 g/mol. The lowest BCUT2D eigenvalue weighted by Gasteiger charge is -2.11. The van der Waals surface area contributed by atoms with Crippen molar-refractivity contribution >= 4 is 16.9 Å². The molecule has 0 radical (unpaired) electrons. The second-order valence-electron chi connectivity index (χ2n) is 5.05. The highest BCUT2D eigenvalue weighted by Gasteiger charge is 2.13. The molecule has 2 atom stereocenters. The Morgan fingerprint density at radius 3 is 2.85 bits per heavy atom. The van der Waals surface area contributed by atoms with Gasteiger partial charge < -0.3 is 14.8 Å². The molecule has 0 aliphatic heterocycles. The Bertz CT molecular complexity index is 606. The molecule has 0 fully saturated rings. The summed E-state index contributed by atoms with van der Waals surface area (Å²) in [5, 5.41) is 9.94. The van der Waals surface area contributed by atoms with E-state index in [-0.39, 0.29) is 6.23 Å². The van der Waals surface area contributed by atoms with Gasteiger partial charge >= 0.3 is 5.97 Å². The third kappa shape index (κ3) is 3.30. The first kappa shape index (κ1) is 14.4. The van der Waals surface area contributed by atoms with Crippen LogP contribution >= 0.6 is 0 Å². The summed E-state index contributed by atoms with van der Waals surface area (Å²) in [5.74, 6) is -0.474. The van der Waals surface area contributed by atoms with E-state index in [9.17, 15) is 4.79 Å². The van der Waals surface area contributed by atoms with Gasteiger partial charge in [0, 0.05) is 23.0 Å². The van der Waals surface area contributed by atoms with Crippen LogP contribution in [0.2, 0.25) is 0 Å². The maximum atomic E-state index is 10.9. The van der Waals surface area contributed by atoms with Gasteiger partial charge in [-0.2, -0.15) is 0 Å². The van der Waals surface area contributed by atoms with Crippen molar-refractivity contribution < 1.29 is 14.6 Å². The van der Waals surface area contributed by atoms with Crippen LogP contribution in [-0.4, -0.2) is 22.3 Å². The molecule has 4 N–H and O–H groups in total. The van der Waals surface area contributed by atoms with Gasteiger partial charge in [0.15, 0.2) is 0 Å². The summed E-state index contributed by atoms with van der Waals surface area (Å²) in [7, 11) is 0. The number of hydrogen-bond donors (Lipinski definition) is 3. The number of hydrogen-bond acceptors (Lipinski definition) is 3. The van der Waals surface area contributed by atoms with Crippen molar-refractivity contribution in [1.82, 2.24) is 4.98 Å². The zero-order valence-electron chi connectivity index (χ0n) is 11.7. The first-order valence-electron chi connectivity index (χ1n) is 6.76. The topological polar surface area (TPSA) is 88.3 Å². The molecular formula is C15H20N2O3. The van der Waals surface area contributed by atoms with Crippen LogP contribution in [-0.2, 0) is 11.2 Å². The molecule has 2 aromatic rings. The summed E-state index contributed by atoms with van der Waals surface area (Å²) < 4.78 is 5.57. The molecule has 0 spiro atoms. The zero-order chi connectivity index (χ0) is 14.7. The number of carboxylic acids is 1. The highest BCUT2D eigenvalue weighted by molar-refractivity contribution is 5.82. The average Bonchev–Trinajstić information content (AvgIpc) is 2.79. The van der Waals surface area contributed by atoms with E-state index in [1.165, 1.54) is 0 Å². The van der Waals surface area contributed by atoms with E-state index in [2.05, 4.69) is 4.98 Å². The number of carbonyl (C=O) groups is 1. The van der Waals surface area contributed by atoms with Gasteiger partial charge in [-0.1, -0.05) is 13.8 Å². The lowest BCUT2D eigenvalue weighted by atomic mass is 10.1. The minimum Gasteiger partial charge on any atom is -0.481 e. The van der Waals surface area contributed by atoms with Crippen molar-refractivity contribution in [3.8, 4) is 5.75 Å². The van der Waals surface area contributed by atoms with Gasteiger partial charge in [-0.3, -0.25) is 10.5 Å². The van der Waals surface area contributed by atoms with Crippen molar-refractivity contribution in [3.05, 3.63) is 30.0 Å². The van der Waals surface area contributed by atoms with E-state index >= 15 is 0 Å². The molecule has 0 saturated heterocycles. The number of fused-ring (bicyclic) bond motifs is 1. The summed E-state index contributed by atoms with van der Waals surface area (Å²) in [6.45, 7) is 3.66. The summed E-state index contributed by atoms with van der Waals surface area (Å²) in [6.07, 6.45) is 0.916. The van der Waals surface area contributed by atoms with Crippen LogP contribution in [0.15, 0.2) is 24.3 Å². The van der Waals surface area contributed by atoms with Crippen LogP contribution in [0.25, 0.3) is 10.9 Å². The number of nitrogens with one attached hydrogen (secondary N) is 1. The maximum Gasteiger partial charge on any atom is 0.306 e. The third-order valence-corrected chi connectivity index (χ3v) is 3.29. The smallest absolute Gasteiger partial charge is 0.306 e. The Morgan fingerprint density at radius 1 is 1.45 bits per heavy atom. The number of carboxylic acid groups (broad SMARTS) is 1. The van der Waals surface area contributed by atoms with Crippen LogP contribution in [0.4, 0.5) is 0 Å². The lowest BCUT2D eigenvalue weighted by molar-refractivity contribution is -0.141. The number of H-pyrrole nitrogens is 1. The van der Waals surface area contributed by atoms with Crippen LogP contribution in [0.5, 0.6) is 5.75 Å². The molecule has 5 nitrogen and oxygen atoms in total. The van der Waals surface area contributed by atoms with E-state index in [1.807, 2.05) is 31.2 Å². The van der Waals surface area contributed by atoms with Crippen LogP contribution in [0, 0.1) is 5.92 Å². The summed E-state index contributed by atoms with van der Waals surface area (Å²) in [4.78, 5) is 14.1. The Morgan fingerprint density at radius 2 is 2.20 bits per heavy atom. The first-order chi connectivity index (χ1) is 9.49. The second kappa shape index (κ2) is 5.96. The molecule has 1 aromatic carbocycles. The van der Waals surface area contributed by atoms with Crippen molar-refractivity contribution in [2.45, 2.75) is 32.9 Å². The van der Waals surface area contributed by atoms with Gasteiger partial charge in [-0.25, -0.2) is 0 Å². The van der Waals surface area contributed by atoms with E-state index in [0.717, 1.165) is 28.8 Å². The number of ether oxygens (including phenoxy) is 1. The normalized spacial score (nSPS) is 14.2. The Kier molecular flexibility index (Phi) is 4.29. The summed E-state index contributed by atoms with van der Waals surface area (Å²) in [5.41, 5.74) is 7.63. The fourth-order valence-electron chi connectivity index (χ4n) is 2.03. The summed E-state index contributed by atoms with van der Waals surface area (Å²) >= 11 is 0. The number of benzene rings is 1. The van der Waals surface area contributed by atoms with E-state index in [1.54, 1.807) is 6.92 Å². The van der Waals surface area contributed by atoms with Crippen LogP contribution < -0.4 is 10.5 Å². The molecule has 0 saturated carbocycles. The maximum absolute atomic E-state index is 10.9. The van der Waals surface area contributed by atoms with Gasteiger partial charge in [0.2, 0.25) is 0 Å². The van der Waals surface area contributed by atoms with Gasteiger partial charge in [0.25, 0.3) is 0 Å². The zero-order valence-corrected chi connectivity index (χ0v) is 11.7. The van der Waals surface area contributed by atoms with E-state index in [0.29, 0.717) is 6.42 Å². The van der Waals surface area contributed by atoms with E-state index < -0.39 is 11.9 Å². The standard InChI is InChI=1S/C15H20N2O3/c1-3-14(16)20-12-4-5-13-10(8-12)7-11(17-13)6-9(2)15(18)19/h4-5,7-9,14,17H,3,6,16H2,1-2H3,(H,18,19). The van der Waals surface area contributed by atoms with Crippen molar-refractivity contribution in [2.24, 2.45) is 11.7 Å². The number of aliphatic carboxylic acids is 1. The van der Waals surface area contributed by atoms with Crippen LogP contribution in [0.3, 0.4) is 0 Å². The molecule has 2 unspecified atom stereocenters. The number of rotatable bonds is 6. The SMILES string of the molecule is CCC(N)Oc1ccc2[nH]c(CC(C)C(=O)O)cc2c1. The highest BCUT2D eigenvalue weighted by Crippen LogP contribution is 2.23. The highest BCUT2D eigenvalue weighted by atomic mass is 16.5. The van der Waals surface area contributed by atoms with Crippen LogP contribution in [0.1, 0.15) is 26.0 Å². The second-order valence-corrected chi connectivity index (χ2v) is 5.05. The molecule has 2 rings (SSSR count). The first-order valence-corrected chi connectivity index (χ1v) is 6.76. The molecule has 1 heterocycles. The molecule has 0 bridgehead atoms. The lowest BCUT2D eigenvalue weighted by Crippen LogP contribution is -2.25. The average molecular weight is 276 g/mol. The van der Waals surface area contributed by atoms with Crippen molar-refractivity contribution in [2.75, 3.05) is 0 Å². The number of aromatic amines is 1. The van der Waals surface area contributed by atoms with Gasteiger partial charge in [0.05, 0.1) is 5.92 Å². The Balaban J connectivity index is 2.19. The largest absolute Gasteiger partial charge is 0.481 e. The Hall–Kier alpha value is -2.01.